The number of nitrogens with one attached hydrogen (secondary N) is 1. The van der Waals surface area contributed by atoms with Crippen LogP contribution < -0.4 is 10.1 Å². The van der Waals surface area contributed by atoms with Crippen LogP contribution >= 0.6 is 11.8 Å². The van der Waals surface area contributed by atoms with E-state index in [2.05, 4.69) is 15.5 Å². The van der Waals surface area contributed by atoms with Crippen molar-refractivity contribution in [3.63, 3.8) is 0 Å². The Morgan fingerprint density at radius 3 is 2.49 bits per heavy atom. The summed E-state index contributed by atoms with van der Waals surface area (Å²) in [5, 5.41) is 11.3. The van der Waals surface area contributed by atoms with E-state index in [0.29, 0.717) is 36.6 Å². The van der Waals surface area contributed by atoms with Crippen LogP contribution in [0.25, 0.3) is 0 Å². The lowest BCUT2D eigenvalue weighted by atomic mass is 9.85. The molecule has 1 N–H and O–H groups in total. The lowest BCUT2D eigenvalue weighted by Gasteiger charge is -2.47. The second-order valence-electron chi connectivity index (χ2n) is 9.97. The Labute approximate surface area is 222 Å². The second-order valence-corrected chi connectivity index (χ2v) is 11.0. The van der Waals surface area contributed by atoms with Gasteiger partial charge in [0, 0.05) is 12.3 Å². The van der Waals surface area contributed by atoms with Gasteiger partial charge in [-0.05, 0) is 64.3 Å². The van der Waals surface area contributed by atoms with Crippen LogP contribution in [0.2, 0.25) is 0 Å². The summed E-state index contributed by atoms with van der Waals surface area (Å²) in [5.41, 5.74) is -1.07. The molecule has 3 rings (SSSR count). The Morgan fingerprint density at radius 1 is 1.16 bits per heavy atom. The molecule has 1 atom stereocenters. The summed E-state index contributed by atoms with van der Waals surface area (Å²) in [6.07, 6.45) is 3.94. The topological polar surface area (TPSA) is 118 Å². The van der Waals surface area contributed by atoms with Crippen LogP contribution in [0.1, 0.15) is 63.1 Å². The number of benzene rings is 1. The monoisotopic (exact) mass is 531 g/mol. The standard InChI is InChI=1S/C26H37N5O5S/c1-19(2)17-21(22(33)23-28-29-25(36-23)37-16-15-30(3)4)31(18-32)26(13-9-6-10-14-26)27-24(34)35-20-11-7-5-8-12-20/h5,7-8,11-12,18-19,21H,6,9-10,13-17H2,1-4H3,(H,27,34). The first kappa shape index (κ1) is 28.6. The first-order chi connectivity index (χ1) is 17.7. The molecule has 2 amide bonds. The number of hydrogen-bond acceptors (Lipinski definition) is 9. The number of carbonyl (C=O) groups excluding carboxylic acids is 3. The van der Waals surface area contributed by atoms with Crippen molar-refractivity contribution in [2.75, 3.05) is 26.4 Å². The van der Waals surface area contributed by atoms with E-state index < -0.39 is 23.6 Å². The van der Waals surface area contributed by atoms with Crippen LogP contribution in [0.4, 0.5) is 4.79 Å². The van der Waals surface area contributed by atoms with Crippen molar-refractivity contribution >= 4 is 30.0 Å². The van der Waals surface area contributed by atoms with Gasteiger partial charge in [0.1, 0.15) is 17.5 Å². The smallest absolute Gasteiger partial charge is 0.410 e. The predicted octanol–water partition coefficient (Wildman–Crippen LogP) is 4.23. The number of carbonyl (C=O) groups is 3. The molecular formula is C26H37N5O5S. The lowest BCUT2D eigenvalue weighted by molar-refractivity contribution is -0.129. The van der Waals surface area contributed by atoms with E-state index in [0.717, 1.165) is 31.6 Å². The highest BCUT2D eigenvalue weighted by molar-refractivity contribution is 7.99. The highest BCUT2D eigenvalue weighted by Crippen LogP contribution is 2.34. The molecular weight excluding hydrogens is 494 g/mol. The SMILES string of the molecule is CC(C)CC(C(=O)c1nnc(SCCN(C)C)o1)N(C=O)C1(NC(=O)Oc2ccccc2)CCCCC1. The van der Waals surface area contributed by atoms with Crippen LogP contribution in [-0.2, 0) is 4.79 Å². The van der Waals surface area contributed by atoms with E-state index in [4.69, 9.17) is 9.15 Å². The molecule has 202 valence electrons. The van der Waals surface area contributed by atoms with Crippen molar-refractivity contribution < 1.29 is 23.5 Å². The van der Waals surface area contributed by atoms with Crippen LogP contribution in [0.15, 0.2) is 40.0 Å². The van der Waals surface area contributed by atoms with Gasteiger partial charge in [0.15, 0.2) is 0 Å². The zero-order valence-electron chi connectivity index (χ0n) is 22.0. The minimum atomic E-state index is -1.07. The van der Waals surface area contributed by atoms with Gasteiger partial charge in [-0.2, -0.15) is 0 Å². The Hall–Kier alpha value is -2.92. The Morgan fingerprint density at radius 2 is 1.86 bits per heavy atom. The maximum atomic E-state index is 13.7. The third-order valence-corrected chi connectivity index (χ3v) is 7.09. The molecule has 1 unspecified atom stereocenters. The number of ether oxygens (including phenoxy) is 1. The summed E-state index contributed by atoms with van der Waals surface area (Å²) in [4.78, 5) is 42.7. The van der Waals surface area contributed by atoms with Gasteiger partial charge >= 0.3 is 6.09 Å². The van der Waals surface area contributed by atoms with E-state index >= 15 is 0 Å². The fourth-order valence-electron chi connectivity index (χ4n) is 4.49. The number of thioether (sulfide) groups is 1. The molecule has 2 aromatic rings. The van der Waals surface area contributed by atoms with Crippen LogP contribution in [0.3, 0.4) is 0 Å². The predicted molar refractivity (Wildman–Crippen MR) is 140 cm³/mol. The molecule has 37 heavy (non-hydrogen) atoms. The average molecular weight is 532 g/mol. The van der Waals surface area contributed by atoms with E-state index in [1.807, 2.05) is 38.9 Å². The molecule has 11 heteroatoms. The number of hydrogen-bond donors (Lipinski definition) is 1. The van der Waals surface area contributed by atoms with Crippen molar-refractivity contribution in [2.45, 2.75) is 69.3 Å². The van der Waals surface area contributed by atoms with Gasteiger partial charge in [-0.15, -0.1) is 10.2 Å². The van der Waals surface area contributed by atoms with Gasteiger partial charge in [0.2, 0.25) is 12.2 Å². The summed E-state index contributed by atoms with van der Waals surface area (Å²) in [7, 11) is 3.94. The fraction of sp³-hybridized carbons (Fsp3) is 0.577. The number of nitrogens with zero attached hydrogens (tertiary/aromatic N) is 4. The molecule has 1 heterocycles. The number of aromatic nitrogens is 2. The van der Waals surface area contributed by atoms with Crippen molar-refractivity contribution in [3.05, 3.63) is 36.2 Å². The van der Waals surface area contributed by atoms with Gasteiger partial charge in [-0.25, -0.2) is 4.79 Å². The summed E-state index contributed by atoms with van der Waals surface area (Å²) >= 11 is 1.37. The minimum absolute atomic E-state index is 0.0881. The number of para-hydroxylation sites is 1. The fourth-order valence-corrected chi connectivity index (χ4v) is 5.35. The van der Waals surface area contributed by atoms with Gasteiger partial charge in [-0.1, -0.05) is 50.2 Å². The van der Waals surface area contributed by atoms with Crippen molar-refractivity contribution in [1.29, 1.82) is 0 Å². The van der Waals surface area contributed by atoms with Crippen LogP contribution in [0, 0.1) is 5.92 Å². The van der Waals surface area contributed by atoms with E-state index in [1.165, 1.54) is 16.7 Å². The summed E-state index contributed by atoms with van der Waals surface area (Å²) < 4.78 is 11.2. The Balaban J connectivity index is 1.85. The highest BCUT2D eigenvalue weighted by atomic mass is 32.2. The average Bonchev–Trinajstić information content (AvgIpc) is 3.33. The first-order valence-electron chi connectivity index (χ1n) is 12.7. The molecule has 1 fully saturated rings. The van der Waals surface area contributed by atoms with Crippen molar-refractivity contribution in [3.8, 4) is 5.75 Å². The lowest BCUT2D eigenvalue weighted by Crippen LogP contribution is -2.65. The molecule has 1 aliphatic rings. The highest BCUT2D eigenvalue weighted by Gasteiger charge is 2.46. The number of amides is 2. The maximum absolute atomic E-state index is 13.7. The molecule has 1 aromatic heterocycles. The van der Waals surface area contributed by atoms with E-state index in [9.17, 15) is 14.4 Å². The molecule has 1 aromatic carbocycles. The third-order valence-electron chi connectivity index (χ3n) is 6.29. The summed E-state index contributed by atoms with van der Waals surface area (Å²) in [5.74, 6) is 0.641. The molecule has 0 bridgehead atoms. The number of ketones is 1. The zero-order chi connectivity index (χ0) is 26.8. The summed E-state index contributed by atoms with van der Waals surface area (Å²) in [6, 6.07) is 7.84. The number of rotatable bonds is 13. The molecule has 0 radical (unpaired) electrons. The maximum Gasteiger partial charge on any atom is 0.414 e. The first-order valence-corrected chi connectivity index (χ1v) is 13.7. The molecule has 0 spiro atoms. The minimum Gasteiger partial charge on any atom is -0.410 e. The normalized spacial score (nSPS) is 15.8. The van der Waals surface area contributed by atoms with E-state index in [-0.39, 0.29) is 11.8 Å². The van der Waals surface area contributed by atoms with Crippen LogP contribution in [0.5, 0.6) is 5.75 Å². The van der Waals surface area contributed by atoms with Gasteiger partial charge in [-0.3, -0.25) is 14.9 Å². The molecule has 0 aliphatic heterocycles. The largest absolute Gasteiger partial charge is 0.414 e. The third kappa shape index (κ3) is 8.03. The van der Waals surface area contributed by atoms with E-state index in [1.54, 1.807) is 24.3 Å². The molecule has 1 aliphatic carbocycles. The van der Waals surface area contributed by atoms with Crippen LogP contribution in [-0.4, -0.2) is 76.4 Å². The van der Waals surface area contributed by atoms with Gasteiger partial charge < -0.3 is 19.0 Å². The Kier molecular flexibility index (Phi) is 10.5. The summed E-state index contributed by atoms with van der Waals surface area (Å²) in [6.45, 7) is 4.77. The molecule has 1 saturated carbocycles. The molecule has 10 nitrogen and oxygen atoms in total. The van der Waals surface area contributed by atoms with Crippen molar-refractivity contribution in [1.82, 2.24) is 25.3 Å². The number of Topliss-reactive ketones (excluding diaryl/α,β-unsaturated/α-hetero) is 1. The quantitative estimate of drug-likeness (QED) is 0.175. The second kappa shape index (κ2) is 13.6. The molecule has 0 saturated heterocycles. The Bertz CT molecular complexity index is 1020. The van der Waals surface area contributed by atoms with Gasteiger partial charge in [0.05, 0.1) is 0 Å². The van der Waals surface area contributed by atoms with Gasteiger partial charge in [0.25, 0.3) is 11.1 Å². The van der Waals surface area contributed by atoms with Crippen molar-refractivity contribution in [2.24, 2.45) is 5.92 Å². The zero-order valence-corrected chi connectivity index (χ0v) is 22.8.